The fraction of sp³-hybridized carbons (Fsp3) is 0.667. The molecule has 0 aliphatic carbocycles. The van der Waals surface area contributed by atoms with Gasteiger partial charge in [-0.15, -0.1) is 0 Å². The monoisotopic (exact) mass is 256 g/mol. The van der Waals surface area contributed by atoms with E-state index in [0.717, 1.165) is 12.8 Å². The molecule has 6 nitrogen and oxygen atoms in total. The lowest BCUT2D eigenvalue weighted by Gasteiger charge is -2.23. The Labute approximate surface area is 107 Å². The van der Waals surface area contributed by atoms with Crippen LogP contribution in [0, 0.1) is 5.92 Å². The van der Waals surface area contributed by atoms with Crippen molar-refractivity contribution in [2.75, 3.05) is 20.1 Å². The molecule has 102 valence electrons. The van der Waals surface area contributed by atoms with Crippen molar-refractivity contribution < 1.29 is 19.4 Å². The Bertz CT molecular complexity index is 330. The maximum absolute atomic E-state index is 11.7. The van der Waals surface area contributed by atoms with E-state index in [0.29, 0.717) is 6.54 Å². The molecule has 18 heavy (non-hydrogen) atoms. The Morgan fingerprint density at radius 3 is 2.89 bits per heavy atom. The van der Waals surface area contributed by atoms with Gasteiger partial charge in [-0.3, -0.25) is 4.79 Å². The highest BCUT2D eigenvalue weighted by molar-refractivity contribution is 5.75. The number of hydrogen-bond donors (Lipinski definition) is 2. The quantitative estimate of drug-likeness (QED) is 0.770. The topological polar surface area (TPSA) is 78.9 Å². The van der Waals surface area contributed by atoms with Crippen LogP contribution >= 0.6 is 0 Å². The number of urea groups is 1. The molecule has 2 unspecified atom stereocenters. The molecule has 0 saturated heterocycles. The normalized spacial score (nSPS) is 19.8. The van der Waals surface area contributed by atoms with Crippen LogP contribution in [0.4, 0.5) is 4.79 Å². The van der Waals surface area contributed by atoms with Crippen LogP contribution in [0.1, 0.15) is 19.8 Å². The van der Waals surface area contributed by atoms with Crippen LogP contribution in [0.2, 0.25) is 0 Å². The molecule has 1 heterocycles. The summed E-state index contributed by atoms with van der Waals surface area (Å²) in [6, 6.07) is -0.277. The second-order valence-corrected chi connectivity index (χ2v) is 4.51. The highest BCUT2D eigenvalue weighted by Crippen LogP contribution is 2.09. The standard InChI is InChI=1S/C12H20N2O4/c1-9(11(15)16)8-14(2)12(17)13-7-10-5-3-4-6-18-10/h4,6,9-10H,3,5,7-8H2,1-2H3,(H,13,17)(H,15,16). The molecule has 0 spiro atoms. The van der Waals surface area contributed by atoms with Crippen LogP contribution in [0.3, 0.4) is 0 Å². The number of carboxylic acids is 1. The summed E-state index contributed by atoms with van der Waals surface area (Å²) in [5, 5.41) is 11.5. The molecule has 2 N–H and O–H groups in total. The zero-order valence-electron chi connectivity index (χ0n) is 10.8. The lowest BCUT2D eigenvalue weighted by molar-refractivity contribution is -0.141. The van der Waals surface area contributed by atoms with Gasteiger partial charge in [0.05, 0.1) is 18.7 Å². The van der Waals surface area contributed by atoms with Crippen molar-refractivity contribution >= 4 is 12.0 Å². The molecule has 0 bridgehead atoms. The van der Waals surface area contributed by atoms with Crippen LogP contribution in [0.25, 0.3) is 0 Å². The highest BCUT2D eigenvalue weighted by atomic mass is 16.5. The van der Waals surface area contributed by atoms with E-state index in [2.05, 4.69) is 5.32 Å². The maximum Gasteiger partial charge on any atom is 0.317 e. The van der Waals surface area contributed by atoms with Crippen LogP contribution in [-0.4, -0.2) is 48.2 Å². The predicted molar refractivity (Wildman–Crippen MR) is 66.1 cm³/mol. The smallest absolute Gasteiger partial charge is 0.317 e. The van der Waals surface area contributed by atoms with Gasteiger partial charge in [0.15, 0.2) is 0 Å². The SMILES string of the molecule is CC(CN(C)C(=O)NCC1CCC=CO1)C(=O)O. The Kier molecular flexibility index (Phi) is 5.48. The highest BCUT2D eigenvalue weighted by Gasteiger charge is 2.18. The lowest BCUT2D eigenvalue weighted by atomic mass is 10.1. The van der Waals surface area contributed by atoms with E-state index >= 15 is 0 Å². The Balaban J connectivity index is 2.26. The fourth-order valence-corrected chi connectivity index (χ4v) is 1.64. The van der Waals surface area contributed by atoms with Crippen LogP contribution in [-0.2, 0) is 9.53 Å². The number of rotatable bonds is 5. The molecule has 1 aliphatic heterocycles. The molecule has 2 atom stereocenters. The maximum atomic E-state index is 11.7. The van der Waals surface area contributed by atoms with E-state index in [9.17, 15) is 9.59 Å². The lowest BCUT2D eigenvalue weighted by Crippen LogP contribution is -2.43. The molecule has 0 aromatic heterocycles. The minimum atomic E-state index is -0.907. The molecule has 0 aromatic rings. The number of carbonyl (C=O) groups excluding carboxylic acids is 1. The second-order valence-electron chi connectivity index (χ2n) is 4.51. The van der Waals surface area contributed by atoms with E-state index in [1.165, 1.54) is 4.90 Å². The first-order valence-corrected chi connectivity index (χ1v) is 6.03. The molecule has 0 radical (unpaired) electrons. The minimum absolute atomic E-state index is 0.00393. The number of aliphatic carboxylic acids is 1. The minimum Gasteiger partial charge on any atom is -0.497 e. The van der Waals surface area contributed by atoms with Gasteiger partial charge in [0.2, 0.25) is 0 Å². The molecular weight excluding hydrogens is 236 g/mol. The number of nitrogens with zero attached hydrogens (tertiary/aromatic N) is 1. The third-order valence-corrected chi connectivity index (χ3v) is 2.82. The average Bonchev–Trinajstić information content (AvgIpc) is 2.36. The summed E-state index contributed by atoms with van der Waals surface area (Å²) >= 11 is 0. The first kappa shape index (κ1) is 14.3. The van der Waals surface area contributed by atoms with Crippen molar-refractivity contribution in [1.29, 1.82) is 0 Å². The molecule has 0 fully saturated rings. The van der Waals surface area contributed by atoms with E-state index in [1.807, 2.05) is 6.08 Å². The summed E-state index contributed by atoms with van der Waals surface area (Å²) in [5.74, 6) is -1.48. The van der Waals surface area contributed by atoms with E-state index < -0.39 is 11.9 Å². The van der Waals surface area contributed by atoms with Gasteiger partial charge in [-0.05, 0) is 18.9 Å². The summed E-state index contributed by atoms with van der Waals surface area (Å²) in [4.78, 5) is 23.7. The first-order valence-electron chi connectivity index (χ1n) is 6.03. The van der Waals surface area contributed by atoms with Gasteiger partial charge in [-0.25, -0.2) is 4.79 Å². The molecule has 1 aliphatic rings. The van der Waals surface area contributed by atoms with Gasteiger partial charge in [0.25, 0.3) is 0 Å². The summed E-state index contributed by atoms with van der Waals surface area (Å²) in [7, 11) is 1.58. The van der Waals surface area contributed by atoms with Crippen molar-refractivity contribution in [3.8, 4) is 0 Å². The number of hydrogen-bond acceptors (Lipinski definition) is 3. The van der Waals surface area contributed by atoms with Gasteiger partial charge in [0, 0.05) is 13.6 Å². The third kappa shape index (κ3) is 4.65. The number of amides is 2. The molecule has 0 aromatic carbocycles. The van der Waals surface area contributed by atoms with Gasteiger partial charge in [0.1, 0.15) is 6.10 Å². The Morgan fingerprint density at radius 1 is 1.61 bits per heavy atom. The van der Waals surface area contributed by atoms with Crippen LogP contribution in [0.5, 0.6) is 0 Å². The van der Waals surface area contributed by atoms with E-state index in [-0.39, 0.29) is 18.7 Å². The predicted octanol–water partition coefficient (Wildman–Crippen LogP) is 1.04. The number of allylic oxidation sites excluding steroid dienone is 1. The van der Waals surface area contributed by atoms with Crippen molar-refractivity contribution in [3.05, 3.63) is 12.3 Å². The molecule has 0 saturated carbocycles. The van der Waals surface area contributed by atoms with Gasteiger partial charge < -0.3 is 20.1 Å². The van der Waals surface area contributed by atoms with Crippen molar-refractivity contribution in [1.82, 2.24) is 10.2 Å². The van der Waals surface area contributed by atoms with Crippen molar-refractivity contribution in [3.63, 3.8) is 0 Å². The largest absolute Gasteiger partial charge is 0.497 e. The van der Waals surface area contributed by atoms with Crippen LogP contribution < -0.4 is 5.32 Å². The summed E-state index contributed by atoms with van der Waals surface area (Å²) in [6.07, 6.45) is 5.43. The number of carboxylic acid groups (broad SMARTS) is 1. The average molecular weight is 256 g/mol. The fourth-order valence-electron chi connectivity index (χ4n) is 1.64. The summed E-state index contributed by atoms with van der Waals surface area (Å²) in [6.45, 7) is 2.20. The Morgan fingerprint density at radius 2 is 2.33 bits per heavy atom. The number of nitrogens with one attached hydrogen (secondary N) is 1. The summed E-state index contributed by atoms with van der Waals surface area (Å²) in [5.41, 5.74) is 0. The Hall–Kier alpha value is -1.72. The third-order valence-electron chi connectivity index (χ3n) is 2.82. The number of carbonyl (C=O) groups is 2. The van der Waals surface area contributed by atoms with Gasteiger partial charge in [-0.2, -0.15) is 0 Å². The molecular formula is C12H20N2O4. The van der Waals surface area contributed by atoms with Crippen molar-refractivity contribution in [2.45, 2.75) is 25.9 Å². The molecule has 1 rings (SSSR count). The first-order chi connectivity index (χ1) is 8.50. The zero-order chi connectivity index (χ0) is 13.5. The van der Waals surface area contributed by atoms with Gasteiger partial charge >= 0.3 is 12.0 Å². The molecule has 6 heteroatoms. The van der Waals surface area contributed by atoms with Gasteiger partial charge in [-0.1, -0.05) is 6.92 Å². The summed E-state index contributed by atoms with van der Waals surface area (Å²) < 4.78 is 5.32. The van der Waals surface area contributed by atoms with E-state index in [1.54, 1.807) is 20.2 Å². The van der Waals surface area contributed by atoms with Crippen LogP contribution in [0.15, 0.2) is 12.3 Å². The van der Waals surface area contributed by atoms with E-state index in [4.69, 9.17) is 9.84 Å². The van der Waals surface area contributed by atoms with Crippen molar-refractivity contribution in [2.24, 2.45) is 5.92 Å². The number of ether oxygens (including phenoxy) is 1. The molecule has 2 amide bonds. The second kappa shape index (κ2) is 6.88. The zero-order valence-corrected chi connectivity index (χ0v) is 10.8.